The van der Waals surface area contributed by atoms with Crippen molar-refractivity contribution in [2.24, 2.45) is 0 Å². The van der Waals surface area contributed by atoms with Gasteiger partial charge in [-0.1, -0.05) is 29.5 Å². The van der Waals surface area contributed by atoms with Gasteiger partial charge in [0.1, 0.15) is 16.2 Å². The molecule has 0 amide bonds. The molecule has 42 heavy (non-hydrogen) atoms. The number of hydrogen-bond donors (Lipinski definition) is 1. The molecule has 4 aromatic rings. The van der Waals surface area contributed by atoms with Crippen molar-refractivity contribution in [2.45, 2.75) is 76.4 Å². The van der Waals surface area contributed by atoms with Gasteiger partial charge in [0.2, 0.25) is 10.0 Å². The summed E-state index contributed by atoms with van der Waals surface area (Å²) in [5.41, 5.74) is 6.10. The Morgan fingerprint density at radius 3 is 2.76 bits per heavy atom. The van der Waals surface area contributed by atoms with Crippen molar-refractivity contribution in [2.75, 3.05) is 18.0 Å². The molecule has 0 radical (unpaired) electrons. The fourth-order valence-corrected chi connectivity index (χ4v) is 8.14. The van der Waals surface area contributed by atoms with Crippen molar-refractivity contribution in [1.29, 1.82) is 0 Å². The van der Waals surface area contributed by atoms with Crippen LogP contribution in [-0.2, 0) is 27.9 Å². The molecule has 0 spiro atoms. The zero-order valence-corrected chi connectivity index (χ0v) is 25.0. The van der Waals surface area contributed by atoms with Gasteiger partial charge in [-0.25, -0.2) is 18.1 Å². The van der Waals surface area contributed by atoms with Gasteiger partial charge in [-0.05, 0) is 86.1 Å². The lowest BCUT2D eigenvalue weighted by atomic mass is 9.84. The van der Waals surface area contributed by atoms with Crippen LogP contribution in [0.1, 0.15) is 66.3 Å². The summed E-state index contributed by atoms with van der Waals surface area (Å²) in [4.78, 5) is 19.0. The highest BCUT2D eigenvalue weighted by Gasteiger charge is 2.39. The number of aryl methyl sites for hydroxylation is 3. The number of aromatic nitrogens is 4. The van der Waals surface area contributed by atoms with E-state index in [-0.39, 0.29) is 23.9 Å². The zero-order valence-electron chi connectivity index (χ0n) is 24.2. The van der Waals surface area contributed by atoms with E-state index < -0.39 is 21.9 Å². The minimum Gasteiger partial charge on any atom is -0.481 e. The number of hydrogen-bond acceptors (Lipinski definition) is 7. The van der Waals surface area contributed by atoms with Gasteiger partial charge in [-0.2, -0.15) is 4.31 Å². The maximum atomic E-state index is 14.0. The summed E-state index contributed by atoms with van der Waals surface area (Å²) in [6.07, 6.45) is 4.53. The van der Waals surface area contributed by atoms with Crippen LogP contribution in [-0.4, -0.2) is 62.9 Å². The van der Waals surface area contributed by atoms with E-state index in [4.69, 9.17) is 0 Å². The van der Waals surface area contributed by atoms with Gasteiger partial charge in [-0.15, -0.1) is 5.10 Å². The van der Waals surface area contributed by atoms with E-state index in [0.717, 1.165) is 64.7 Å². The number of carbonyl (C=O) groups is 1. The average molecular weight is 589 g/mol. The molecule has 4 heterocycles. The number of rotatable bonds is 7. The molecule has 2 atom stereocenters. The van der Waals surface area contributed by atoms with Gasteiger partial charge in [0.25, 0.3) is 0 Å². The number of sulfonamides is 1. The molecule has 1 N–H and O–H groups in total. The molecule has 2 aromatic carbocycles. The topological polar surface area (TPSA) is 122 Å². The summed E-state index contributed by atoms with van der Waals surface area (Å²) in [6, 6.07) is 13.2. The number of pyridine rings is 1. The number of piperidine rings is 1. The van der Waals surface area contributed by atoms with Gasteiger partial charge in [0.15, 0.2) is 0 Å². The number of nitrogens with zero attached hydrogens (tertiary/aromatic N) is 6. The fourth-order valence-electron chi connectivity index (χ4n) is 6.53. The summed E-state index contributed by atoms with van der Waals surface area (Å²) in [7, 11) is -3.81. The molecule has 11 heteroatoms. The van der Waals surface area contributed by atoms with Crippen LogP contribution in [0.3, 0.4) is 0 Å². The van der Waals surface area contributed by atoms with E-state index in [1.165, 1.54) is 0 Å². The lowest BCUT2D eigenvalue weighted by Gasteiger charge is -2.36. The number of anilines is 1. The Morgan fingerprint density at radius 2 is 1.98 bits per heavy atom. The van der Waals surface area contributed by atoms with Crippen LogP contribution in [0.25, 0.3) is 11.0 Å². The molecular weight excluding hydrogens is 552 g/mol. The number of fused-ring (bicyclic) bond motifs is 4. The normalized spacial score (nSPS) is 19.2. The van der Waals surface area contributed by atoms with Crippen LogP contribution < -0.4 is 4.90 Å². The number of benzene rings is 2. The molecular formula is C31H36N6O4S. The third-order valence-corrected chi connectivity index (χ3v) is 10.7. The van der Waals surface area contributed by atoms with Crippen molar-refractivity contribution in [3.63, 3.8) is 0 Å². The first-order chi connectivity index (χ1) is 20.2. The zero-order chi connectivity index (χ0) is 29.6. The average Bonchev–Trinajstić information content (AvgIpc) is 3.38. The first kappa shape index (κ1) is 28.3. The van der Waals surface area contributed by atoms with Crippen molar-refractivity contribution < 1.29 is 18.3 Å². The molecule has 0 unspecified atom stereocenters. The van der Waals surface area contributed by atoms with E-state index in [0.29, 0.717) is 18.9 Å². The summed E-state index contributed by atoms with van der Waals surface area (Å²) in [5.74, 6) is -0.796. The fraction of sp³-hybridized carbons (Fsp3) is 0.419. The summed E-state index contributed by atoms with van der Waals surface area (Å²) >= 11 is 0. The van der Waals surface area contributed by atoms with Crippen LogP contribution >= 0.6 is 0 Å². The molecule has 10 nitrogen and oxygen atoms in total. The summed E-state index contributed by atoms with van der Waals surface area (Å²) in [6.45, 7) is 7.99. The molecule has 1 saturated heterocycles. The maximum absolute atomic E-state index is 14.0. The van der Waals surface area contributed by atoms with Gasteiger partial charge in [0.05, 0.1) is 11.9 Å². The minimum absolute atomic E-state index is 0.0545. The predicted octanol–water partition coefficient (Wildman–Crippen LogP) is 4.63. The number of aliphatic carboxylic acids is 1. The van der Waals surface area contributed by atoms with Gasteiger partial charge in [-0.3, -0.25) is 4.79 Å². The minimum atomic E-state index is -3.81. The smallest absolute Gasteiger partial charge is 0.304 e. The second-order valence-electron chi connectivity index (χ2n) is 11.4. The highest BCUT2D eigenvalue weighted by atomic mass is 32.2. The van der Waals surface area contributed by atoms with Crippen molar-refractivity contribution >= 4 is 32.8 Å². The third-order valence-electron chi connectivity index (χ3n) is 8.84. The van der Waals surface area contributed by atoms with E-state index in [1.54, 1.807) is 22.6 Å². The Hall–Kier alpha value is -3.83. The van der Waals surface area contributed by atoms with Crippen LogP contribution in [0.4, 0.5) is 5.82 Å². The molecule has 6 rings (SSSR count). The Bertz CT molecular complexity index is 1770. The second kappa shape index (κ2) is 11.1. The standard InChI is InChI=1S/C31H36N6O4S/c1-4-37-27-13-12-25(21(3)30(27)33-34-37)26(17-29(38)39)22-11-10-20(2)23(16-22)18-35-19-24-8-5-6-15-36(24)31-28(42(35,40)41)9-7-14-32-31/h7,9-14,16,24,26H,4-6,8,15,17-19H2,1-3H3,(H,38,39)/t24-,26+/m0/s1. The van der Waals surface area contributed by atoms with Crippen LogP contribution in [0.15, 0.2) is 53.6 Å². The highest BCUT2D eigenvalue weighted by Crippen LogP contribution is 2.37. The second-order valence-corrected chi connectivity index (χ2v) is 13.3. The maximum Gasteiger partial charge on any atom is 0.304 e. The summed E-state index contributed by atoms with van der Waals surface area (Å²) < 4.78 is 31.5. The first-order valence-corrected chi connectivity index (χ1v) is 16.0. The quantitative estimate of drug-likeness (QED) is 0.332. The van der Waals surface area contributed by atoms with Crippen molar-refractivity contribution in [3.8, 4) is 0 Å². The molecule has 0 bridgehead atoms. The highest BCUT2D eigenvalue weighted by molar-refractivity contribution is 7.89. The molecule has 2 aliphatic heterocycles. The van der Waals surface area contributed by atoms with Gasteiger partial charge >= 0.3 is 5.97 Å². The Morgan fingerprint density at radius 1 is 1.14 bits per heavy atom. The predicted molar refractivity (Wildman–Crippen MR) is 160 cm³/mol. The van der Waals surface area contributed by atoms with Crippen LogP contribution in [0, 0.1) is 13.8 Å². The summed E-state index contributed by atoms with van der Waals surface area (Å²) in [5, 5.41) is 18.5. The van der Waals surface area contributed by atoms with Crippen LogP contribution in [0.2, 0.25) is 0 Å². The van der Waals surface area contributed by atoms with E-state index >= 15 is 0 Å². The Labute approximate surface area is 246 Å². The molecule has 2 aliphatic rings. The third kappa shape index (κ3) is 4.94. The molecule has 0 saturated carbocycles. The van der Waals surface area contributed by atoms with E-state index in [2.05, 4.69) is 20.2 Å². The van der Waals surface area contributed by atoms with E-state index in [1.807, 2.05) is 55.8 Å². The molecule has 220 valence electrons. The molecule has 0 aliphatic carbocycles. The van der Waals surface area contributed by atoms with Gasteiger partial charge < -0.3 is 10.0 Å². The van der Waals surface area contributed by atoms with E-state index in [9.17, 15) is 18.3 Å². The van der Waals surface area contributed by atoms with Crippen molar-refractivity contribution in [1.82, 2.24) is 24.3 Å². The Kier molecular flexibility index (Phi) is 7.48. The number of carboxylic acids is 1. The Balaban J connectivity index is 1.40. The van der Waals surface area contributed by atoms with Gasteiger partial charge in [0, 0.05) is 44.3 Å². The van der Waals surface area contributed by atoms with Crippen LogP contribution in [0.5, 0.6) is 0 Å². The monoisotopic (exact) mass is 588 g/mol. The lowest BCUT2D eigenvalue weighted by molar-refractivity contribution is -0.137. The van der Waals surface area contributed by atoms with Crippen molar-refractivity contribution in [3.05, 3.63) is 76.5 Å². The molecule has 1 fully saturated rings. The SMILES string of the molecule is CCn1nnc2c(C)c([C@H](CC(=O)O)c3ccc(C)c(CN4C[C@@H]5CCCCN5c5ncccc5S4(=O)=O)c3)ccc21. The lowest BCUT2D eigenvalue weighted by Crippen LogP contribution is -2.45. The largest absolute Gasteiger partial charge is 0.481 e. The first-order valence-electron chi connectivity index (χ1n) is 14.5. The number of carboxylic acid groups (broad SMARTS) is 1. The molecule has 2 aromatic heterocycles.